The number of aryl methyl sites for hydroxylation is 1. The molecule has 5 nitrogen and oxygen atoms in total. The summed E-state index contributed by atoms with van der Waals surface area (Å²) in [7, 11) is 1.76. The zero-order chi connectivity index (χ0) is 17.6. The fourth-order valence-corrected chi connectivity index (χ4v) is 2.49. The van der Waals surface area contributed by atoms with E-state index in [1.54, 1.807) is 24.1 Å². The first-order valence-electron chi connectivity index (χ1n) is 8.09. The van der Waals surface area contributed by atoms with Gasteiger partial charge < -0.3 is 10.2 Å². The molecule has 3 rings (SSSR count). The summed E-state index contributed by atoms with van der Waals surface area (Å²) < 4.78 is 0. The van der Waals surface area contributed by atoms with Gasteiger partial charge in [0, 0.05) is 19.3 Å². The average Bonchev–Trinajstić information content (AvgIpc) is 2.64. The number of rotatable bonds is 5. The van der Waals surface area contributed by atoms with Crippen molar-refractivity contribution in [1.29, 1.82) is 0 Å². The first-order chi connectivity index (χ1) is 12.1. The lowest BCUT2D eigenvalue weighted by Gasteiger charge is -2.16. The van der Waals surface area contributed by atoms with Crippen molar-refractivity contribution in [3.8, 4) is 0 Å². The zero-order valence-corrected chi connectivity index (χ0v) is 14.3. The van der Waals surface area contributed by atoms with Crippen molar-refractivity contribution in [2.45, 2.75) is 13.5 Å². The van der Waals surface area contributed by atoms with Crippen LogP contribution in [-0.4, -0.2) is 28.1 Å². The maximum absolute atomic E-state index is 12.5. The molecule has 0 aliphatic rings. The summed E-state index contributed by atoms with van der Waals surface area (Å²) >= 11 is 0. The molecule has 3 aromatic rings. The monoisotopic (exact) mass is 332 g/mol. The van der Waals surface area contributed by atoms with Crippen molar-refractivity contribution < 1.29 is 4.79 Å². The van der Waals surface area contributed by atoms with E-state index in [-0.39, 0.29) is 5.91 Å². The smallest absolute Gasteiger partial charge is 0.274 e. The van der Waals surface area contributed by atoms with Gasteiger partial charge in [-0.15, -0.1) is 10.2 Å². The molecule has 0 saturated carbocycles. The predicted octanol–water partition coefficient (Wildman–Crippen LogP) is 3.80. The summed E-state index contributed by atoms with van der Waals surface area (Å²) in [5, 5.41) is 11.4. The van der Waals surface area contributed by atoms with E-state index in [4.69, 9.17) is 0 Å². The highest BCUT2D eigenvalue weighted by Gasteiger charge is 2.14. The minimum absolute atomic E-state index is 0.154. The van der Waals surface area contributed by atoms with Crippen LogP contribution in [-0.2, 0) is 6.54 Å². The molecule has 1 heterocycles. The fourth-order valence-electron chi connectivity index (χ4n) is 2.49. The molecule has 1 aromatic heterocycles. The first-order valence-corrected chi connectivity index (χ1v) is 8.09. The second-order valence-electron chi connectivity index (χ2n) is 5.89. The van der Waals surface area contributed by atoms with Crippen molar-refractivity contribution in [3.05, 3.63) is 83.6 Å². The molecule has 0 aliphatic carbocycles. The van der Waals surface area contributed by atoms with Crippen LogP contribution in [0.25, 0.3) is 0 Å². The molecule has 0 saturated heterocycles. The number of benzene rings is 2. The molecule has 0 spiro atoms. The second-order valence-corrected chi connectivity index (χ2v) is 5.89. The molecule has 25 heavy (non-hydrogen) atoms. The van der Waals surface area contributed by atoms with Gasteiger partial charge >= 0.3 is 0 Å². The number of hydrogen-bond acceptors (Lipinski definition) is 4. The van der Waals surface area contributed by atoms with E-state index >= 15 is 0 Å². The molecule has 1 N–H and O–H groups in total. The van der Waals surface area contributed by atoms with Crippen LogP contribution < -0.4 is 5.32 Å². The van der Waals surface area contributed by atoms with E-state index in [0.29, 0.717) is 18.1 Å². The van der Waals surface area contributed by atoms with Crippen LogP contribution in [0.15, 0.2) is 66.7 Å². The van der Waals surface area contributed by atoms with E-state index < -0.39 is 0 Å². The largest absolute Gasteiger partial charge is 0.339 e. The van der Waals surface area contributed by atoms with Crippen LogP contribution in [0, 0.1) is 6.92 Å². The molecule has 1 amide bonds. The van der Waals surface area contributed by atoms with Crippen LogP contribution in [0.3, 0.4) is 0 Å². The molecular weight excluding hydrogens is 312 g/mol. The maximum atomic E-state index is 12.5. The summed E-state index contributed by atoms with van der Waals surface area (Å²) in [6, 6.07) is 21.2. The van der Waals surface area contributed by atoms with Gasteiger partial charge in [0.15, 0.2) is 11.5 Å². The Hall–Kier alpha value is -3.21. The number of carbonyl (C=O) groups is 1. The molecule has 0 aliphatic heterocycles. The first kappa shape index (κ1) is 16.6. The number of nitrogens with zero attached hydrogens (tertiary/aromatic N) is 3. The van der Waals surface area contributed by atoms with Gasteiger partial charge in [-0.3, -0.25) is 4.79 Å². The van der Waals surface area contributed by atoms with Crippen molar-refractivity contribution in [2.75, 3.05) is 12.4 Å². The summed E-state index contributed by atoms with van der Waals surface area (Å²) in [6.45, 7) is 2.55. The summed E-state index contributed by atoms with van der Waals surface area (Å²) in [5.41, 5.74) is 3.49. The normalized spacial score (nSPS) is 10.3. The highest BCUT2D eigenvalue weighted by molar-refractivity contribution is 5.92. The van der Waals surface area contributed by atoms with Crippen LogP contribution >= 0.6 is 0 Å². The van der Waals surface area contributed by atoms with Crippen molar-refractivity contribution in [1.82, 2.24) is 15.1 Å². The minimum Gasteiger partial charge on any atom is -0.339 e. The molecule has 0 bridgehead atoms. The lowest BCUT2D eigenvalue weighted by Crippen LogP contribution is -2.27. The Labute approximate surface area is 147 Å². The SMILES string of the molecule is Cc1ccccc1Nc1ccc(C(=O)N(C)Cc2ccccc2)nn1. The highest BCUT2D eigenvalue weighted by Crippen LogP contribution is 2.18. The van der Waals surface area contributed by atoms with Gasteiger partial charge in [0.1, 0.15) is 0 Å². The van der Waals surface area contributed by atoms with E-state index in [0.717, 1.165) is 16.8 Å². The molecule has 0 atom stereocenters. The lowest BCUT2D eigenvalue weighted by atomic mass is 10.2. The molecule has 0 radical (unpaired) electrons. The van der Waals surface area contributed by atoms with E-state index in [2.05, 4.69) is 15.5 Å². The van der Waals surface area contributed by atoms with E-state index in [1.807, 2.05) is 61.5 Å². The van der Waals surface area contributed by atoms with Crippen molar-refractivity contribution in [3.63, 3.8) is 0 Å². The van der Waals surface area contributed by atoms with Crippen LogP contribution in [0.2, 0.25) is 0 Å². The Bertz CT molecular complexity index is 847. The fraction of sp³-hybridized carbons (Fsp3) is 0.150. The predicted molar refractivity (Wildman–Crippen MR) is 98.7 cm³/mol. The number of para-hydroxylation sites is 1. The van der Waals surface area contributed by atoms with Crippen molar-refractivity contribution in [2.24, 2.45) is 0 Å². The van der Waals surface area contributed by atoms with Gasteiger partial charge in [0.2, 0.25) is 0 Å². The standard InChI is InChI=1S/C20H20N4O/c1-15-8-6-7-11-17(15)21-19-13-12-18(22-23-19)20(25)24(2)14-16-9-4-3-5-10-16/h3-13H,14H2,1-2H3,(H,21,23). The summed E-state index contributed by atoms with van der Waals surface area (Å²) in [5.74, 6) is 0.454. The van der Waals surface area contributed by atoms with Crippen molar-refractivity contribution >= 4 is 17.4 Å². The third-order valence-electron chi connectivity index (χ3n) is 3.90. The molecule has 126 valence electrons. The topological polar surface area (TPSA) is 58.1 Å². The highest BCUT2D eigenvalue weighted by atomic mass is 16.2. The second kappa shape index (κ2) is 7.57. The number of carbonyl (C=O) groups excluding carboxylic acids is 1. The van der Waals surface area contributed by atoms with Gasteiger partial charge in [0.25, 0.3) is 5.91 Å². The Balaban J connectivity index is 1.67. The molecule has 0 fully saturated rings. The Morgan fingerprint density at radius 3 is 2.36 bits per heavy atom. The van der Waals surface area contributed by atoms with Gasteiger partial charge in [0.05, 0.1) is 0 Å². The molecule has 5 heteroatoms. The van der Waals surface area contributed by atoms with Crippen LogP contribution in [0.5, 0.6) is 0 Å². The third-order valence-corrected chi connectivity index (χ3v) is 3.90. The van der Waals surface area contributed by atoms with Crippen LogP contribution in [0.4, 0.5) is 11.5 Å². The zero-order valence-electron chi connectivity index (χ0n) is 14.3. The van der Waals surface area contributed by atoms with Crippen LogP contribution in [0.1, 0.15) is 21.6 Å². The van der Waals surface area contributed by atoms with Gasteiger partial charge in [-0.05, 0) is 36.2 Å². The van der Waals surface area contributed by atoms with E-state index in [1.165, 1.54) is 0 Å². The average molecular weight is 332 g/mol. The maximum Gasteiger partial charge on any atom is 0.274 e. The summed E-state index contributed by atoms with van der Waals surface area (Å²) in [4.78, 5) is 14.1. The third kappa shape index (κ3) is 4.20. The number of hydrogen-bond donors (Lipinski definition) is 1. The van der Waals surface area contributed by atoms with E-state index in [9.17, 15) is 4.79 Å². The number of nitrogens with one attached hydrogen (secondary N) is 1. The number of aromatic nitrogens is 2. The Morgan fingerprint density at radius 2 is 1.68 bits per heavy atom. The Kier molecular flexibility index (Phi) is 5.04. The van der Waals surface area contributed by atoms with Gasteiger partial charge in [-0.25, -0.2) is 0 Å². The minimum atomic E-state index is -0.154. The summed E-state index contributed by atoms with van der Waals surface area (Å²) in [6.07, 6.45) is 0. The number of amides is 1. The molecular formula is C20H20N4O. The van der Waals surface area contributed by atoms with Gasteiger partial charge in [-0.1, -0.05) is 48.5 Å². The Morgan fingerprint density at radius 1 is 0.960 bits per heavy atom. The molecule has 2 aromatic carbocycles. The lowest BCUT2D eigenvalue weighted by molar-refractivity contribution is 0.0778. The quantitative estimate of drug-likeness (QED) is 0.772. The van der Waals surface area contributed by atoms with Gasteiger partial charge in [-0.2, -0.15) is 0 Å². The molecule has 0 unspecified atom stereocenters. The number of anilines is 2.